The number of carbonyl (C=O) groups excluding carboxylic acids is 1. The molecule has 0 unspecified atom stereocenters. The maximum Gasteiger partial charge on any atom is 0.223 e. The third-order valence-corrected chi connectivity index (χ3v) is 8.14. The van der Waals surface area contributed by atoms with Crippen LogP contribution in [0.25, 0.3) is 0 Å². The van der Waals surface area contributed by atoms with Gasteiger partial charge in [0.05, 0.1) is 24.5 Å². The molecule has 0 spiro atoms. The molecule has 2 aliphatic heterocycles. The van der Waals surface area contributed by atoms with Crippen molar-refractivity contribution in [2.75, 3.05) is 32.8 Å². The van der Waals surface area contributed by atoms with Crippen LogP contribution < -0.4 is 0 Å². The van der Waals surface area contributed by atoms with Crippen LogP contribution in [0.5, 0.6) is 0 Å². The van der Waals surface area contributed by atoms with Crippen molar-refractivity contribution in [3.63, 3.8) is 0 Å². The van der Waals surface area contributed by atoms with Crippen molar-refractivity contribution >= 4 is 27.5 Å². The molecule has 0 aromatic heterocycles. The normalized spacial score (nSPS) is 26.6. The number of benzene rings is 1. The number of aryl methyl sites for hydroxylation is 1. The molecule has 3 aliphatic rings. The Kier molecular flexibility index (Phi) is 5.47. The zero-order valence-corrected chi connectivity index (χ0v) is 16.8. The quantitative estimate of drug-likeness (QED) is 0.741. The molecule has 27 heavy (non-hydrogen) atoms. The zero-order chi connectivity index (χ0) is 19.0. The lowest BCUT2D eigenvalue weighted by Gasteiger charge is -2.31. The molecule has 1 amide bonds. The predicted octanol–water partition coefficient (Wildman–Crippen LogP) is 1.92. The average molecular weight is 413 g/mol. The molecular weight excluding hydrogens is 388 g/mol. The minimum atomic E-state index is -3.24. The molecule has 8 heteroatoms. The molecular formula is C19H25ClN2O4S. The van der Waals surface area contributed by atoms with Crippen LogP contribution >= 0.6 is 11.6 Å². The maximum absolute atomic E-state index is 12.9. The Morgan fingerprint density at radius 3 is 2.74 bits per heavy atom. The second kappa shape index (κ2) is 7.70. The summed E-state index contributed by atoms with van der Waals surface area (Å²) in [5.74, 6) is 0.0855. The number of fused-ring (bicyclic) bond motifs is 3. The van der Waals surface area contributed by atoms with Gasteiger partial charge in [-0.15, -0.1) is 0 Å². The third-order valence-electron chi connectivity index (χ3n) is 5.58. The van der Waals surface area contributed by atoms with Crippen LogP contribution in [0.1, 0.15) is 24.8 Å². The van der Waals surface area contributed by atoms with Crippen LogP contribution in [0.4, 0.5) is 0 Å². The molecule has 2 atom stereocenters. The highest BCUT2D eigenvalue weighted by Gasteiger charge is 2.45. The molecule has 6 nitrogen and oxygen atoms in total. The van der Waals surface area contributed by atoms with Crippen LogP contribution in [0.3, 0.4) is 0 Å². The van der Waals surface area contributed by atoms with Crippen molar-refractivity contribution in [3.05, 3.63) is 34.9 Å². The van der Waals surface area contributed by atoms with Crippen molar-refractivity contribution in [1.29, 1.82) is 0 Å². The second-order valence-corrected chi connectivity index (χ2v) is 10.4. The fraction of sp³-hybridized carbons (Fsp3) is 0.632. The van der Waals surface area contributed by atoms with Crippen LogP contribution in [-0.2, 0) is 26.0 Å². The van der Waals surface area contributed by atoms with E-state index in [1.807, 2.05) is 29.2 Å². The van der Waals surface area contributed by atoms with Gasteiger partial charge in [0.1, 0.15) is 0 Å². The number of hydrogen-bond acceptors (Lipinski definition) is 4. The van der Waals surface area contributed by atoms with Crippen molar-refractivity contribution in [3.8, 4) is 0 Å². The van der Waals surface area contributed by atoms with E-state index in [0.717, 1.165) is 18.4 Å². The first kappa shape index (κ1) is 19.2. The number of nitrogens with zero attached hydrogens (tertiary/aromatic N) is 2. The summed E-state index contributed by atoms with van der Waals surface area (Å²) in [5.41, 5.74) is 1.03. The van der Waals surface area contributed by atoms with Crippen LogP contribution in [0.15, 0.2) is 24.3 Å². The summed E-state index contributed by atoms with van der Waals surface area (Å²) in [6.45, 7) is 2.27. The first-order chi connectivity index (χ1) is 12.9. The lowest BCUT2D eigenvalue weighted by Crippen LogP contribution is -2.48. The number of carbonyl (C=O) groups is 1. The zero-order valence-electron chi connectivity index (χ0n) is 15.2. The van der Waals surface area contributed by atoms with Gasteiger partial charge in [0, 0.05) is 37.0 Å². The maximum atomic E-state index is 12.9. The Hall–Kier alpha value is -1.15. The van der Waals surface area contributed by atoms with Gasteiger partial charge in [0.25, 0.3) is 0 Å². The molecule has 3 fully saturated rings. The number of ether oxygens (including phenoxy) is 1. The van der Waals surface area contributed by atoms with Crippen molar-refractivity contribution in [1.82, 2.24) is 9.21 Å². The molecule has 4 rings (SSSR count). The second-order valence-electron chi connectivity index (χ2n) is 7.79. The lowest BCUT2D eigenvalue weighted by atomic mass is 10.1. The minimum absolute atomic E-state index is 0.0288. The summed E-state index contributed by atoms with van der Waals surface area (Å²) in [6.07, 6.45) is 2.52. The number of rotatable bonds is 5. The SMILES string of the molecule is O=C(CCc1cccc(Cl)c1)N1C[C@H]2COC[C@@H]1CN(S(=O)(=O)C1CC1)C2. The van der Waals surface area contributed by atoms with Gasteiger partial charge >= 0.3 is 0 Å². The molecule has 1 aliphatic carbocycles. The standard InChI is InChI=1S/C19H25ClN2O4S/c20-16-3-1-2-14(8-16)4-7-19(23)22-10-15-9-21(11-17(22)13-26-12-15)27(24,25)18-5-6-18/h1-3,8,15,17-18H,4-7,9-13H2/t15-,17-/m0/s1. The Labute approximate surface area is 165 Å². The first-order valence-corrected chi connectivity index (χ1v) is 11.4. The highest BCUT2D eigenvalue weighted by atomic mass is 35.5. The van der Waals surface area contributed by atoms with Gasteiger partial charge in [0.15, 0.2) is 0 Å². The smallest absolute Gasteiger partial charge is 0.223 e. The first-order valence-electron chi connectivity index (χ1n) is 9.54. The van der Waals surface area contributed by atoms with Gasteiger partial charge in [-0.25, -0.2) is 8.42 Å². The summed E-state index contributed by atoms with van der Waals surface area (Å²) < 4.78 is 32.8. The van der Waals surface area contributed by atoms with E-state index in [1.54, 1.807) is 4.31 Å². The Morgan fingerprint density at radius 2 is 2.00 bits per heavy atom. The van der Waals surface area contributed by atoms with E-state index in [4.69, 9.17) is 16.3 Å². The number of hydrogen-bond donors (Lipinski definition) is 0. The van der Waals surface area contributed by atoms with E-state index in [9.17, 15) is 13.2 Å². The molecule has 148 valence electrons. The molecule has 0 N–H and O–H groups in total. The molecule has 2 saturated heterocycles. The van der Waals surface area contributed by atoms with E-state index < -0.39 is 10.0 Å². The molecule has 2 bridgehead atoms. The summed E-state index contributed by atoms with van der Waals surface area (Å²) >= 11 is 6.02. The van der Waals surface area contributed by atoms with Gasteiger partial charge in [-0.05, 0) is 37.0 Å². The van der Waals surface area contributed by atoms with Gasteiger partial charge in [-0.1, -0.05) is 23.7 Å². The van der Waals surface area contributed by atoms with Gasteiger partial charge in [-0.3, -0.25) is 4.79 Å². The van der Waals surface area contributed by atoms with Crippen molar-refractivity contribution in [2.45, 2.75) is 37.0 Å². The Morgan fingerprint density at radius 1 is 1.19 bits per heavy atom. The van der Waals surface area contributed by atoms with Crippen molar-refractivity contribution < 1.29 is 17.9 Å². The van der Waals surface area contributed by atoms with E-state index in [1.165, 1.54) is 0 Å². The summed E-state index contributed by atoms with van der Waals surface area (Å²) in [6, 6.07) is 7.33. The third kappa shape index (κ3) is 4.31. The molecule has 1 aromatic rings. The van der Waals surface area contributed by atoms with Crippen LogP contribution in [-0.4, -0.2) is 67.7 Å². The lowest BCUT2D eigenvalue weighted by molar-refractivity contribution is -0.133. The molecule has 1 saturated carbocycles. The summed E-state index contributed by atoms with van der Waals surface area (Å²) in [5, 5.41) is 0.448. The topological polar surface area (TPSA) is 66.9 Å². The summed E-state index contributed by atoms with van der Waals surface area (Å²) in [4.78, 5) is 14.8. The number of amides is 1. The molecule has 1 aromatic carbocycles. The fourth-order valence-corrected chi connectivity index (χ4v) is 6.14. The molecule has 0 radical (unpaired) electrons. The van der Waals surface area contributed by atoms with Gasteiger partial charge in [0.2, 0.25) is 15.9 Å². The number of sulfonamides is 1. The average Bonchev–Trinajstić information content (AvgIpc) is 3.45. The van der Waals surface area contributed by atoms with Gasteiger partial charge < -0.3 is 9.64 Å². The van der Waals surface area contributed by atoms with Crippen LogP contribution in [0.2, 0.25) is 5.02 Å². The van der Waals surface area contributed by atoms with E-state index in [-0.39, 0.29) is 23.1 Å². The fourth-order valence-electron chi connectivity index (χ4n) is 3.98. The van der Waals surface area contributed by atoms with E-state index >= 15 is 0 Å². The van der Waals surface area contributed by atoms with Crippen LogP contribution in [0, 0.1) is 5.92 Å². The minimum Gasteiger partial charge on any atom is -0.379 e. The summed E-state index contributed by atoms with van der Waals surface area (Å²) in [7, 11) is -3.24. The predicted molar refractivity (Wildman–Crippen MR) is 103 cm³/mol. The highest BCUT2D eigenvalue weighted by molar-refractivity contribution is 7.90. The Balaban J connectivity index is 1.45. The van der Waals surface area contributed by atoms with E-state index in [2.05, 4.69) is 0 Å². The highest BCUT2D eigenvalue weighted by Crippen LogP contribution is 2.33. The Bertz CT molecular complexity index is 812. The molecule has 2 heterocycles. The van der Waals surface area contributed by atoms with Crippen molar-refractivity contribution in [2.24, 2.45) is 5.92 Å². The van der Waals surface area contributed by atoms with E-state index in [0.29, 0.717) is 50.7 Å². The monoisotopic (exact) mass is 412 g/mol. The number of halogens is 1. The van der Waals surface area contributed by atoms with Gasteiger partial charge in [-0.2, -0.15) is 4.31 Å². The largest absolute Gasteiger partial charge is 0.379 e.